The molecule has 0 bridgehead atoms. The van der Waals surface area contributed by atoms with Gasteiger partial charge in [0, 0.05) is 0 Å². The van der Waals surface area contributed by atoms with Gasteiger partial charge < -0.3 is 4.74 Å². The number of carbonyl (C=O) groups excluding carboxylic acids is 1. The summed E-state index contributed by atoms with van der Waals surface area (Å²) in [5.74, 6) is 0.646. The van der Waals surface area contributed by atoms with Gasteiger partial charge in [0.25, 0.3) is 0 Å². The molecular weight excluding hydrogens is 262 g/mol. The van der Waals surface area contributed by atoms with Crippen molar-refractivity contribution in [1.82, 2.24) is 0 Å². The van der Waals surface area contributed by atoms with Crippen molar-refractivity contribution in [2.24, 2.45) is 0 Å². The lowest BCUT2D eigenvalue weighted by molar-refractivity contribution is 0.101. The molecule has 0 amide bonds. The molecule has 0 atom stereocenters. The zero-order chi connectivity index (χ0) is 13.8. The Balaban J connectivity index is 2.46. The first-order valence-electron chi connectivity index (χ1n) is 5.59. The van der Waals surface area contributed by atoms with E-state index in [0.29, 0.717) is 27.6 Å². The van der Waals surface area contributed by atoms with Crippen LogP contribution in [0.1, 0.15) is 22.8 Å². The van der Waals surface area contributed by atoms with E-state index in [1.165, 1.54) is 13.0 Å². The summed E-state index contributed by atoms with van der Waals surface area (Å²) in [7, 11) is 0. The highest BCUT2D eigenvalue weighted by atomic mass is 35.5. The minimum absolute atomic E-state index is 0.133. The van der Waals surface area contributed by atoms with Crippen molar-refractivity contribution < 1.29 is 9.53 Å². The normalized spacial score (nSPS) is 9.74. The summed E-state index contributed by atoms with van der Waals surface area (Å²) < 4.78 is 5.64. The average Bonchev–Trinajstić information content (AvgIpc) is 2.41. The highest BCUT2D eigenvalue weighted by Crippen LogP contribution is 2.31. The van der Waals surface area contributed by atoms with Gasteiger partial charge in [-0.3, -0.25) is 4.79 Å². The van der Waals surface area contributed by atoms with Crippen molar-refractivity contribution in [3.8, 4) is 17.6 Å². The number of hydrogen-bond donors (Lipinski definition) is 0. The van der Waals surface area contributed by atoms with Crippen LogP contribution >= 0.6 is 11.6 Å². The van der Waals surface area contributed by atoms with E-state index in [-0.39, 0.29) is 5.78 Å². The van der Waals surface area contributed by atoms with Crippen molar-refractivity contribution in [3.05, 3.63) is 58.6 Å². The number of hydrogen-bond acceptors (Lipinski definition) is 3. The van der Waals surface area contributed by atoms with Gasteiger partial charge in [0.05, 0.1) is 22.2 Å². The maximum atomic E-state index is 11.5. The van der Waals surface area contributed by atoms with Crippen molar-refractivity contribution in [1.29, 1.82) is 5.26 Å². The minimum atomic E-state index is -0.133. The molecule has 0 unspecified atom stereocenters. The maximum Gasteiger partial charge on any atom is 0.163 e. The van der Waals surface area contributed by atoms with Crippen LogP contribution in [0.4, 0.5) is 0 Å². The fourth-order valence-electron chi connectivity index (χ4n) is 1.61. The van der Waals surface area contributed by atoms with E-state index in [0.717, 1.165) is 0 Å². The highest BCUT2D eigenvalue weighted by Gasteiger charge is 2.11. The molecule has 3 nitrogen and oxygen atoms in total. The number of nitrogens with zero attached hydrogens (tertiary/aromatic N) is 1. The number of halogens is 1. The molecule has 0 aromatic heterocycles. The number of para-hydroxylation sites is 1. The molecule has 0 saturated heterocycles. The molecule has 0 heterocycles. The molecule has 0 aliphatic carbocycles. The molecule has 2 rings (SSSR count). The van der Waals surface area contributed by atoms with Crippen LogP contribution in [0, 0.1) is 11.3 Å². The number of nitriles is 1. The van der Waals surface area contributed by atoms with E-state index >= 15 is 0 Å². The topological polar surface area (TPSA) is 50.1 Å². The Labute approximate surface area is 116 Å². The first-order chi connectivity index (χ1) is 9.11. The van der Waals surface area contributed by atoms with Gasteiger partial charge in [-0.15, -0.1) is 0 Å². The molecular formula is C15H10ClNO2. The fraction of sp³-hybridized carbons (Fsp3) is 0.0667. The first-order valence-corrected chi connectivity index (χ1v) is 5.97. The van der Waals surface area contributed by atoms with Gasteiger partial charge in [-0.05, 0) is 37.3 Å². The van der Waals surface area contributed by atoms with Gasteiger partial charge in [0.1, 0.15) is 11.5 Å². The van der Waals surface area contributed by atoms with E-state index in [4.69, 9.17) is 21.6 Å². The third kappa shape index (κ3) is 2.93. The molecule has 94 valence electrons. The summed E-state index contributed by atoms with van der Waals surface area (Å²) in [5.41, 5.74) is 0.839. The van der Waals surface area contributed by atoms with E-state index in [2.05, 4.69) is 0 Å². The average molecular weight is 272 g/mol. The number of ketones is 1. The lowest BCUT2D eigenvalue weighted by Crippen LogP contribution is -1.98. The number of rotatable bonds is 3. The molecule has 0 radical (unpaired) electrons. The monoisotopic (exact) mass is 271 g/mol. The highest BCUT2D eigenvalue weighted by molar-refractivity contribution is 6.32. The Morgan fingerprint density at radius 1 is 1.21 bits per heavy atom. The summed E-state index contributed by atoms with van der Waals surface area (Å²) in [4.78, 5) is 11.5. The standard InChI is InChI=1S/C15H10ClNO2/c1-10(18)12-7-6-11(9-17)8-15(12)19-14-5-3-2-4-13(14)16/h2-8H,1H3. The number of benzene rings is 2. The van der Waals surface area contributed by atoms with Gasteiger partial charge >= 0.3 is 0 Å². The summed E-state index contributed by atoms with van der Waals surface area (Å²) in [5, 5.41) is 9.34. The minimum Gasteiger partial charge on any atom is -0.455 e. The Morgan fingerprint density at radius 2 is 1.95 bits per heavy atom. The lowest BCUT2D eigenvalue weighted by atomic mass is 10.1. The molecule has 19 heavy (non-hydrogen) atoms. The van der Waals surface area contributed by atoms with Crippen molar-refractivity contribution in [3.63, 3.8) is 0 Å². The second-order valence-corrected chi connectivity index (χ2v) is 4.32. The quantitative estimate of drug-likeness (QED) is 0.786. The number of Topliss-reactive ketones (excluding diaryl/α,β-unsaturated/α-hetero) is 1. The van der Waals surface area contributed by atoms with Crippen LogP contribution < -0.4 is 4.74 Å². The van der Waals surface area contributed by atoms with Crippen LogP contribution in [-0.2, 0) is 0 Å². The fourth-order valence-corrected chi connectivity index (χ4v) is 1.79. The Morgan fingerprint density at radius 3 is 2.58 bits per heavy atom. The molecule has 2 aromatic carbocycles. The van der Waals surface area contributed by atoms with Crippen molar-refractivity contribution in [2.45, 2.75) is 6.92 Å². The third-order valence-electron chi connectivity index (χ3n) is 2.55. The van der Waals surface area contributed by atoms with E-state index in [1.54, 1.807) is 36.4 Å². The molecule has 0 aliphatic rings. The van der Waals surface area contributed by atoms with Gasteiger partial charge in [-0.2, -0.15) is 5.26 Å². The van der Waals surface area contributed by atoms with Gasteiger partial charge in [0.15, 0.2) is 5.78 Å². The zero-order valence-corrected chi connectivity index (χ0v) is 10.9. The molecule has 0 saturated carbocycles. The summed E-state index contributed by atoms with van der Waals surface area (Å²) in [6.45, 7) is 1.45. The Kier molecular flexibility index (Phi) is 3.84. The third-order valence-corrected chi connectivity index (χ3v) is 2.86. The molecule has 0 fully saturated rings. The van der Waals surface area contributed by atoms with E-state index < -0.39 is 0 Å². The lowest BCUT2D eigenvalue weighted by Gasteiger charge is -2.10. The predicted octanol–water partition coefficient (Wildman–Crippen LogP) is 4.21. The summed E-state index contributed by atoms with van der Waals surface area (Å²) in [6.07, 6.45) is 0. The largest absolute Gasteiger partial charge is 0.455 e. The second kappa shape index (κ2) is 5.55. The molecule has 2 aromatic rings. The Bertz CT molecular complexity index is 674. The van der Waals surface area contributed by atoms with Crippen molar-refractivity contribution >= 4 is 17.4 Å². The van der Waals surface area contributed by atoms with E-state index in [1.807, 2.05) is 6.07 Å². The van der Waals surface area contributed by atoms with Crippen LogP contribution in [0.5, 0.6) is 11.5 Å². The number of ether oxygens (including phenoxy) is 1. The SMILES string of the molecule is CC(=O)c1ccc(C#N)cc1Oc1ccccc1Cl. The Hall–Kier alpha value is -2.31. The molecule has 0 N–H and O–H groups in total. The molecule has 4 heteroatoms. The maximum absolute atomic E-state index is 11.5. The van der Waals surface area contributed by atoms with E-state index in [9.17, 15) is 4.79 Å². The van der Waals surface area contributed by atoms with Gasteiger partial charge in [0.2, 0.25) is 0 Å². The molecule has 0 aliphatic heterocycles. The second-order valence-electron chi connectivity index (χ2n) is 3.91. The smallest absolute Gasteiger partial charge is 0.163 e. The van der Waals surface area contributed by atoms with Crippen LogP contribution in [-0.4, -0.2) is 5.78 Å². The van der Waals surface area contributed by atoms with Crippen LogP contribution in [0.25, 0.3) is 0 Å². The van der Waals surface area contributed by atoms with Crippen LogP contribution in [0.15, 0.2) is 42.5 Å². The van der Waals surface area contributed by atoms with Crippen LogP contribution in [0.2, 0.25) is 5.02 Å². The molecule has 0 spiro atoms. The predicted molar refractivity (Wildman–Crippen MR) is 72.7 cm³/mol. The summed E-state index contributed by atoms with van der Waals surface area (Å²) in [6, 6.07) is 13.7. The zero-order valence-electron chi connectivity index (χ0n) is 10.2. The van der Waals surface area contributed by atoms with Crippen molar-refractivity contribution in [2.75, 3.05) is 0 Å². The first kappa shape index (κ1) is 13.1. The van der Waals surface area contributed by atoms with Crippen LogP contribution in [0.3, 0.4) is 0 Å². The summed E-state index contributed by atoms with van der Waals surface area (Å²) >= 11 is 6.00. The number of carbonyl (C=O) groups is 1. The van der Waals surface area contributed by atoms with Gasteiger partial charge in [-0.1, -0.05) is 23.7 Å². The van der Waals surface area contributed by atoms with Gasteiger partial charge in [-0.25, -0.2) is 0 Å².